The largest absolute Gasteiger partial charge is 0.462 e. The van der Waals surface area contributed by atoms with Gasteiger partial charge >= 0.3 is 11.9 Å². The van der Waals surface area contributed by atoms with Gasteiger partial charge in [-0.3, -0.25) is 9.59 Å². The molecule has 20 heavy (non-hydrogen) atoms. The molecule has 0 aliphatic heterocycles. The summed E-state index contributed by atoms with van der Waals surface area (Å²) in [6, 6.07) is 0. The minimum absolute atomic E-state index is 0.0562. The summed E-state index contributed by atoms with van der Waals surface area (Å²) >= 11 is 0. The van der Waals surface area contributed by atoms with E-state index in [-0.39, 0.29) is 37.0 Å². The summed E-state index contributed by atoms with van der Waals surface area (Å²) < 4.78 is 10.3. The third-order valence-electron chi connectivity index (χ3n) is 4.07. The molecular weight excluding hydrogens is 256 g/mol. The lowest BCUT2D eigenvalue weighted by molar-refractivity contribution is -0.157. The molecule has 0 aromatic rings. The molecule has 112 valence electrons. The van der Waals surface area contributed by atoms with Crippen molar-refractivity contribution in [2.75, 3.05) is 13.2 Å². The van der Waals surface area contributed by atoms with Gasteiger partial charge < -0.3 is 9.47 Å². The van der Waals surface area contributed by atoms with E-state index in [4.69, 9.17) is 9.47 Å². The van der Waals surface area contributed by atoms with E-state index in [9.17, 15) is 9.59 Å². The van der Waals surface area contributed by atoms with Gasteiger partial charge in [0.05, 0.1) is 11.8 Å². The monoisotopic (exact) mass is 280 g/mol. The van der Waals surface area contributed by atoms with E-state index in [0.29, 0.717) is 0 Å². The first-order valence-corrected chi connectivity index (χ1v) is 7.77. The van der Waals surface area contributed by atoms with E-state index in [1.807, 2.05) is 12.2 Å². The molecule has 1 fully saturated rings. The van der Waals surface area contributed by atoms with Gasteiger partial charge in [-0.25, -0.2) is 0 Å². The van der Waals surface area contributed by atoms with Gasteiger partial charge in [-0.15, -0.1) is 0 Å². The average molecular weight is 280 g/mol. The number of carbonyl (C=O) groups excluding carboxylic acids is 2. The number of carbonyl (C=O) groups is 2. The number of rotatable bonds is 5. The minimum Gasteiger partial charge on any atom is -0.462 e. The highest BCUT2D eigenvalue weighted by atomic mass is 16.6. The van der Waals surface area contributed by atoms with Crippen molar-refractivity contribution < 1.29 is 19.1 Å². The molecule has 0 spiro atoms. The van der Waals surface area contributed by atoms with Gasteiger partial charge in [0.2, 0.25) is 0 Å². The van der Waals surface area contributed by atoms with Crippen molar-refractivity contribution in [3.05, 3.63) is 12.2 Å². The van der Waals surface area contributed by atoms with Gasteiger partial charge in [-0.05, 0) is 32.1 Å². The van der Waals surface area contributed by atoms with Crippen LogP contribution in [-0.4, -0.2) is 25.2 Å². The van der Waals surface area contributed by atoms with Crippen LogP contribution in [0.4, 0.5) is 0 Å². The Bertz CT molecular complexity index is 355. The highest BCUT2D eigenvalue weighted by Crippen LogP contribution is 2.24. The summed E-state index contributed by atoms with van der Waals surface area (Å²) in [5.74, 6) is -0.383. The van der Waals surface area contributed by atoms with Crippen LogP contribution in [0.2, 0.25) is 0 Å². The van der Waals surface area contributed by atoms with Gasteiger partial charge in [-0.1, -0.05) is 31.4 Å². The fourth-order valence-corrected chi connectivity index (χ4v) is 2.86. The Labute approximate surface area is 120 Å². The lowest BCUT2D eigenvalue weighted by Crippen LogP contribution is -2.24. The van der Waals surface area contributed by atoms with Crippen LogP contribution < -0.4 is 0 Å². The number of esters is 2. The van der Waals surface area contributed by atoms with Crippen LogP contribution in [-0.2, 0) is 19.1 Å². The van der Waals surface area contributed by atoms with E-state index in [1.165, 1.54) is 6.42 Å². The van der Waals surface area contributed by atoms with Crippen LogP contribution in [0.15, 0.2) is 12.2 Å². The average Bonchev–Trinajstić information content (AvgIpc) is 2.53. The molecule has 2 rings (SSSR count). The second kappa shape index (κ2) is 8.08. The second-order valence-corrected chi connectivity index (χ2v) is 5.64. The number of hydrogen-bond acceptors (Lipinski definition) is 4. The zero-order valence-corrected chi connectivity index (χ0v) is 12.0. The normalized spacial score (nSPS) is 23.3. The lowest BCUT2D eigenvalue weighted by atomic mass is 9.89. The lowest BCUT2D eigenvalue weighted by Gasteiger charge is -2.20. The molecule has 2 aliphatic carbocycles. The minimum atomic E-state index is -0.199. The molecule has 0 bridgehead atoms. The maximum absolute atomic E-state index is 11.8. The molecule has 4 heteroatoms. The molecule has 0 heterocycles. The Morgan fingerprint density at radius 3 is 2.25 bits per heavy atom. The number of ether oxygens (including phenoxy) is 2. The van der Waals surface area contributed by atoms with Crippen molar-refractivity contribution in [3.8, 4) is 0 Å². The van der Waals surface area contributed by atoms with Crippen LogP contribution in [0, 0.1) is 11.8 Å². The smallest absolute Gasteiger partial charge is 0.312 e. The van der Waals surface area contributed by atoms with E-state index < -0.39 is 0 Å². The van der Waals surface area contributed by atoms with Gasteiger partial charge in [0.25, 0.3) is 0 Å². The molecule has 2 aliphatic rings. The molecule has 0 aromatic heterocycles. The number of hydrogen-bond donors (Lipinski definition) is 0. The maximum Gasteiger partial charge on any atom is 0.312 e. The fraction of sp³-hybridized carbons (Fsp3) is 0.750. The van der Waals surface area contributed by atoms with Crippen LogP contribution in [0.3, 0.4) is 0 Å². The summed E-state index contributed by atoms with van der Waals surface area (Å²) in [6.07, 6.45) is 12.2. The van der Waals surface area contributed by atoms with E-state index >= 15 is 0 Å². The van der Waals surface area contributed by atoms with Crippen molar-refractivity contribution >= 4 is 11.9 Å². The molecule has 0 saturated heterocycles. The SMILES string of the molecule is O=C(OCCOC(=O)C1CCCCC1)C1C=CCCC1. The second-order valence-electron chi connectivity index (χ2n) is 5.64. The molecule has 4 nitrogen and oxygen atoms in total. The van der Waals surface area contributed by atoms with Crippen LogP contribution in [0.1, 0.15) is 51.4 Å². The first-order chi connectivity index (χ1) is 9.77. The van der Waals surface area contributed by atoms with Gasteiger partial charge in [0.1, 0.15) is 13.2 Å². The van der Waals surface area contributed by atoms with Crippen LogP contribution >= 0.6 is 0 Å². The van der Waals surface area contributed by atoms with Crippen LogP contribution in [0.25, 0.3) is 0 Å². The summed E-state index contributed by atoms with van der Waals surface area (Å²) in [5, 5.41) is 0. The topological polar surface area (TPSA) is 52.6 Å². The van der Waals surface area contributed by atoms with Crippen molar-refractivity contribution in [2.45, 2.75) is 51.4 Å². The molecule has 1 unspecified atom stereocenters. The summed E-state index contributed by atoms with van der Waals surface area (Å²) in [4.78, 5) is 23.5. The van der Waals surface area contributed by atoms with Gasteiger partial charge in [-0.2, -0.15) is 0 Å². The van der Waals surface area contributed by atoms with Gasteiger partial charge in [0, 0.05) is 0 Å². The first-order valence-electron chi connectivity index (χ1n) is 7.77. The molecule has 0 amide bonds. The highest BCUT2D eigenvalue weighted by Gasteiger charge is 2.23. The molecule has 1 atom stereocenters. The van der Waals surface area contributed by atoms with Crippen LogP contribution in [0.5, 0.6) is 0 Å². The molecular formula is C16H24O4. The molecule has 0 radical (unpaired) electrons. The molecule has 1 saturated carbocycles. The Kier molecular flexibility index (Phi) is 6.09. The summed E-state index contributed by atoms with van der Waals surface area (Å²) in [7, 11) is 0. The Morgan fingerprint density at radius 2 is 1.60 bits per heavy atom. The Balaban J connectivity index is 1.58. The summed E-state index contributed by atoms with van der Waals surface area (Å²) in [5.41, 5.74) is 0. The standard InChI is InChI=1S/C16H24O4/c17-15(13-7-3-1-4-8-13)19-11-12-20-16(18)14-9-5-2-6-10-14/h3,7,13-14H,1-2,4-6,8-12H2. The zero-order valence-electron chi connectivity index (χ0n) is 12.0. The van der Waals surface area contributed by atoms with Gasteiger partial charge in [0.15, 0.2) is 0 Å². The Hall–Kier alpha value is -1.32. The van der Waals surface area contributed by atoms with Crippen molar-refractivity contribution in [1.29, 1.82) is 0 Å². The molecule has 0 N–H and O–H groups in total. The van der Waals surface area contributed by atoms with Crippen molar-refractivity contribution in [1.82, 2.24) is 0 Å². The fourth-order valence-electron chi connectivity index (χ4n) is 2.86. The number of allylic oxidation sites excluding steroid dienone is 1. The van der Waals surface area contributed by atoms with Crippen molar-refractivity contribution in [2.24, 2.45) is 11.8 Å². The predicted molar refractivity (Wildman–Crippen MR) is 75.0 cm³/mol. The highest BCUT2D eigenvalue weighted by molar-refractivity contribution is 5.74. The maximum atomic E-state index is 11.8. The quantitative estimate of drug-likeness (QED) is 0.441. The van der Waals surface area contributed by atoms with E-state index in [1.54, 1.807) is 0 Å². The Morgan fingerprint density at radius 1 is 0.900 bits per heavy atom. The zero-order chi connectivity index (χ0) is 14.2. The molecule has 0 aromatic carbocycles. The van der Waals surface area contributed by atoms with E-state index in [0.717, 1.165) is 44.9 Å². The third-order valence-corrected chi connectivity index (χ3v) is 4.07. The summed E-state index contributed by atoms with van der Waals surface area (Å²) in [6.45, 7) is 0.346. The predicted octanol–water partition coefficient (Wildman–Crippen LogP) is 3.01. The van der Waals surface area contributed by atoms with E-state index in [2.05, 4.69) is 0 Å². The third kappa shape index (κ3) is 4.66. The first kappa shape index (κ1) is 15.1. The van der Waals surface area contributed by atoms with Crippen molar-refractivity contribution in [3.63, 3.8) is 0 Å².